The second-order valence-electron chi connectivity index (χ2n) is 7.27. The van der Waals surface area contributed by atoms with Crippen LogP contribution in [0.2, 0.25) is 5.02 Å². The largest absolute Gasteiger partial charge is 0.300 e. The Bertz CT molecular complexity index is 859. The Labute approximate surface area is 173 Å². The van der Waals surface area contributed by atoms with Crippen molar-refractivity contribution in [1.29, 1.82) is 0 Å². The molecule has 2 atom stereocenters. The summed E-state index contributed by atoms with van der Waals surface area (Å²) in [6.45, 7) is 4.27. The molecule has 148 valence electrons. The molecule has 5 heteroatoms. The molecule has 0 spiro atoms. The van der Waals surface area contributed by atoms with Crippen molar-refractivity contribution in [2.24, 2.45) is 4.99 Å². The van der Waals surface area contributed by atoms with Crippen LogP contribution in [0.15, 0.2) is 53.2 Å². The lowest BCUT2D eigenvalue weighted by molar-refractivity contribution is 0.321. The Balaban J connectivity index is 1.76. The van der Waals surface area contributed by atoms with E-state index in [1.807, 2.05) is 25.4 Å². The van der Waals surface area contributed by atoms with Crippen molar-refractivity contribution >= 4 is 17.3 Å². The van der Waals surface area contributed by atoms with Crippen molar-refractivity contribution in [2.75, 3.05) is 7.05 Å². The van der Waals surface area contributed by atoms with Gasteiger partial charge in [-0.3, -0.25) is 15.0 Å². The number of hydrogen-bond donors (Lipinski definition) is 1. The fraction of sp³-hybridized carbons (Fsp3) is 0.435. The summed E-state index contributed by atoms with van der Waals surface area (Å²) in [5.41, 5.74) is 5.41. The lowest BCUT2D eigenvalue weighted by atomic mass is 9.94. The van der Waals surface area contributed by atoms with E-state index in [2.05, 4.69) is 53.4 Å². The summed E-state index contributed by atoms with van der Waals surface area (Å²) in [4.78, 5) is 13.9. The van der Waals surface area contributed by atoms with Gasteiger partial charge >= 0.3 is 0 Å². The van der Waals surface area contributed by atoms with Gasteiger partial charge in [0.15, 0.2) is 0 Å². The highest BCUT2D eigenvalue weighted by atomic mass is 35.5. The number of nitrogens with zero attached hydrogens (tertiary/aromatic N) is 3. The summed E-state index contributed by atoms with van der Waals surface area (Å²) in [6.07, 6.45) is 9.04. The van der Waals surface area contributed by atoms with E-state index in [1.165, 1.54) is 5.57 Å². The topological polar surface area (TPSA) is 50.2 Å². The number of piperidine rings is 1. The van der Waals surface area contributed by atoms with Crippen LogP contribution in [0.25, 0.3) is 0 Å². The lowest BCUT2D eigenvalue weighted by Crippen LogP contribution is -2.32. The minimum atomic E-state index is 0.167. The predicted octanol–water partition coefficient (Wildman–Crippen LogP) is 5.66. The molecule has 3 heterocycles. The highest BCUT2D eigenvalue weighted by Crippen LogP contribution is 2.33. The highest BCUT2D eigenvalue weighted by molar-refractivity contribution is 6.31. The van der Waals surface area contributed by atoms with E-state index >= 15 is 0 Å². The van der Waals surface area contributed by atoms with E-state index in [0.717, 1.165) is 59.9 Å². The average Bonchev–Trinajstić information content (AvgIpc) is 2.73. The maximum atomic E-state index is 6.37. The Morgan fingerprint density at radius 3 is 2.82 bits per heavy atom. The number of aliphatic imine (C=N–C) groups is 1. The SMILES string of the molecule is CC/C=C(/C)C(Cc1cccc(C2CCCC(c3ncccc3Cl)N2)n1)=NC. The third-order valence-corrected chi connectivity index (χ3v) is 5.59. The molecule has 0 aromatic carbocycles. The zero-order chi connectivity index (χ0) is 19.9. The molecule has 0 amide bonds. The van der Waals surface area contributed by atoms with Crippen LogP contribution in [-0.2, 0) is 6.42 Å². The number of rotatable bonds is 6. The lowest BCUT2D eigenvalue weighted by Gasteiger charge is -2.31. The number of pyridine rings is 2. The summed E-state index contributed by atoms with van der Waals surface area (Å²) >= 11 is 6.37. The molecule has 0 bridgehead atoms. The molecule has 0 aliphatic carbocycles. The molecule has 3 rings (SSSR count). The molecule has 28 heavy (non-hydrogen) atoms. The predicted molar refractivity (Wildman–Crippen MR) is 117 cm³/mol. The number of nitrogens with one attached hydrogen (secondary N) is 1. The van der Waals surface area contributed by atoms with Gasteiger partial charge in [0.1, 0.15) is 0 Å². The fourth-order valence-corrected chi connectivity index (χ4v) is 4.07. The monoisotopic (exact) mass is 396 g/mol. The molecule has 1 saturated heterocycles. The van der Waals surface area contributed by atoms with Crippen molar-refractivity contribution < 1.29 is 0 Å². The van der Waals surface area contributed by atoms with Crippen molar-refractivity contribution in [1.82, 2.24) is 15.3 Å². The second-order valence-corrected chi connectivity index (χ2v) is 7.68. The summed E-state index contributed by atoms with van der Waals surface area (Å²) in [5, 5.41) is 4.44. The van der Waals surface area contributed by atoms with Gasteiger partial charge in [0.2, 0.25) is 0 Å². The van der Waals surface area contributed by atoms with Crippen LogP contribution in [0.5, 0.6) is 0 Å². The standard InChI is InChI=1S/C23H29ClN4/c1-4-8-16(2)22(25-3)15-17-9-5-11-19(27-17)20-12-6-13-21(28-20)23-18(24)10-7-14-26-23/h5,7-11,14,20-21,28H,4,6,12-13,15H2,1-3H3/b16-8-,25-22?. The van der Waals surface area contributed by atoms with Gasteiger partial charge in [-0.2, -0.15) is 0 Å². The first-order valence-corrected chi connectivity index (χ1v) is 10.4. The van der Waals surface area contributed by atoms with E-state index in [-0.39, 0.29) is 12.1 Å². The first-order chi connectivity index (χ1) is 13.6. The van der Waals surface area contributed by atoms with Crippen LogP contribution in [0, 0.1) is 0 Å². The maximum absolute atomic E-state index is 6.37. The zero-order valence-electron chi connectivity index (χ0n) is 17.0. The summed E-state index contributed by atoms with van der Waals surface area (Å²) in [6, 6.07) is 10.5. The smallest absolute Gasteiger partial charge is 0.0759 e. The average molecular weight is 397 g/mol. The van der Waals surface area contributed by atoms with Gasteiger partial charge < -0.3 is 5.32 Å². The molecule has 1 fully saturated rings. The van der Waals surface area contributed by atoms with Crippen LogP contribution in [0.4, 0.5) is 0 Å². The molecule has 1 aliphatic heterocycles. The van der Waals surface area contributed by atoms with E-state index in [9.17, 15) is 0 Å². The van der Waals surface area contributed by atoms with E-state index < -0.39 is 0 Å². The number of aromatic nitrogens is 2. The highest BCUT2D eigenvalue weighted by Gasteiger charge is 2.26. The normalized spacial score (nSPS) is 21.0. The second kappa shape index (κ2) is 9.94. The number of hydrogen-bond acceptors (Lipinski definition) is 4. The number of halogens is 1. The maximum Gasteiger partial charge on any atom is 0.0759 e. The minimum Gasteiger partial charge on any atom is -0.300 e. The fourth-order valence-electron chi connectivity index (χ4n) is 3.82. The van der Waals surface area contributed by atoms with Crippen LogP contribution in [0.1, 0.15) is 68.7 Å². The molecule has 2 aromatic heterocycles. The molecule has 1 N–H and O–H groups in total. The van der Waals surface area contributed by atoms with Crippen molar-refractivity contribution in [3.8, 4) is 0 Å². The van der Waals surface area contributed by atoms with Crippen molar-refractivity contribution in [2.45, 2.75) is 58.0 Å². The quantitative estimate of drug-likeness (QED) is 0.641. The van der Waals surface area contributed by atoms with Crippen LogP contribution >= 0.6 is 11.6 Å². The summed E-state index contributed by atoms with van der Waals surface area (Å²) in [7, 11) is 1.86. The molecule has 1 aliphatic rings. The van der Waals surface area contributed by atoms with Crippen LogP contribution in [-0.4, -0.2) is 22.7 Å². The first kappa shape index (κ1) is 20.7. The van der Waals surface area contributed by atoms with Crippen molar-refractivity contribution in [3.05, 3.63) is 70.3 Å². The summed E-state index contributed by atoms with van der Waals surface area (Å²) in [5.74, 6) is 0. The van der Waals surface area contributed by atoms with Crippen LogP contribution < -0.4 is 5.32 Å². The third kappa shape index (κ3) is 5.06. The van der Waals surface area contributed by atoms with E-state index in [4.69, 9.17) is 16.6 Å². The van der Waals surface area contributed by atoms with Gasteiger partial charge in [-0.05, 0) is 62.4 Å². The molecular weight excluding hydrogens is 368 g/mol. The minimum absolute atomic E-state index is 0.167. The van der Waals surface area contributed by atoms with Gasteiger partial charge in [-0.1, -0.05) is 30.7 Å². The molecule has 0 radical (unpaired) electrons. The molecule has 4 nitrogen and oxygen atoms in total. The van der Waals surface area contributed by atoms with E-state index in [0.29, 0.717) is 0 Å². The van der Waals surface area contributed by atoms with Gasteiger partial charge in [0.25, 0.3) is 0 Å². The van der Waals surface area contributed by atoms with Gasteiger partial charge in [0, 0.05) is 37.1 Å². The molecule has 2 aromatic rings. The Morgan fingerprint density at radius 2 is 2.07 bits per heavy atom. The molecular formula is C23H29ClN4. The van der Waals surface area contributed by atoms with E-state index in [1.54, 1.807) is 0 Å². The van der Waals surface area contributed by atoms with Crippen molar-refractivity contribution in [3.63, 3.8) is 0 Å². The number of allylic oxidation sites excluding steroid dienone is 2. The third-order valence-electron chi connectivity index (χ3n) is 5.27. The Kier molecular flexibility index (Phi) is 7.35. The molecule has 0 saturated carbocycles. The Hall–Kier alpha value is -2.04. The first-order valence-electron chi connectivity index (χ1n) is 10.1. The van der Waals surface area contributed by atoms with Crippen LogP contribution in [0.3, 0.4) is 0 Å². The van der Waals surface area contributed by atoms with Gasteiger partial charge in [-0.15, -0.1) is 0 Å². The Morgan fingerprint density at radius 1 is 1.25 bits per heavy atom. The summed E-state index contributed by atoms with van der Waals surface area (Å²) < 4.78 is 0. The molecule has 2 unspecified atom stereocenters. The van der Waals surface area contributed by atoms with Gasteiger partial charge in [0.05, 0.1) is 22.5 Å². The van der Waals surface area contributed by atoms with Gasteiger partial charge in [-0.25, -0.2) is 0 Å². The zero-order valence-corrected chi connectivity index (χ0v) is 17.7.